The van der Waals surface area contributed by atoms with Gasteiger partial charge < -0.3 is 13.6 Å². The zero-order valence-electron chi connectivity index (χ0n) is 19.2. The van der Waals surface area contributed by atoms with Gasteiger partial charge in [0.05, 0.1) is 22.4 Å². The predicted molar refractivity (Wildman–Crippen MR) is 136 cm³/mol. The van der Waals surface area contributed by atoms with Crippen molar-refractivity contribution >= 4 is 39.3 Å². The molecule has 1 atom stereocenters. The maximum Gasteiger partial charge on any atom is 0.338 e. The van der Waals surface area contributed by atoms with Crippen LogP contribution in [0.25, 0.3) is 17.4 Å². The maximum absolute atomic E-state index is 13.6. The summed E-state index contributed by atoms with van der Waals surface area (Å²) in [6.07, 6.45) is 1.69. The minimum absolute atomic E-state index is 0.211. The Hall–Kier alpha value is -3.43. The molecule has 0 unspecified atom stereocenters. The second-order valence-corrected chi connectivity index (χ2v) is 9.89. The lowest BCUT2D eigenvalue weighted by molar-refractivity contribution is -0.139. The number of furan rings is 2. The molecule has 0 spiro atoms. The Kier molecular flexibility index (Phi) is 6.21. The second-order valence-electron chi connectivity index (χ2n) is 7.96. The first-order chi connectivity index (χ1) is 16.9. The van der Waals surface area contributed by atoms with Gasteiger partial charge in [-0.3, -0.25) is 9.36 Å². The number of allylic oxidation sites excluding steroid dienone is 1. The van der Waals surface area contributed by atoms with Gasteiger partial charge in [0.1, 0.15) is 29.1 Å². The lowest BCUT2D eigenvalue weighted by Gasteiger charge is -2.22. The largest absolute Gasteiger partial charge is 0.464 e. The van der Waals surface area contributed by atoms with Crippen molar-refractivity contribution < 1.29 is 18.4 Å². The number of nitrogens with zero attached hydrogens (tertiary/aromatic N) is 2. The maximum atomic E-state index is 13.6. The Balaban J connectivity index is 1.63. The molecule has 0 N–H and O–H groups in total. The number of aryl methyl sites for hydroxylation is 1. The molecule has 0 aliphatic carbocycles. The van der Waals surface area contributed by atoms with Gasteiger partial charge in [0.25, 0.3) is 5.56 Å². The first-order valence-corrected chi connectivity index (χ1v) is 12.6. The molecule has 35 heavy (non-hydrogen) atoms. The van der Waals surface area contributed by atoms with Crippen molar-refractivity contribution in [1.82, 2.24) is 4.57 Å². The first-order valence-electron chi connectivity index (χ1n) is 11.0. The van der Waals surface area contributed by atoms with Crippen LogP contribution in [0.4, 0.5) is 0 Å². The van der Waals surface area contributed by atoms with Gasteiger partial charge in [-0.1, -0.05) is 39.4 Å². The number of esters is 1. The van der Waals surface area contributed by atoms with Crippen LogP contribution in [-0.4, -0.2) is 17.1 Å². The van der Waals surface area contributed by atoms with E-state index in [2.05, 4.69) is 20.9 Å². The van der Waals surface area contributed by atoms with Crippen molar-refractivity contribution in [3.63, 3.8) is 0 Å². The van der Waals surface area contributed by atoms with Crippen molar-refractivity contribution in [2.24, 2.45) is 4.99 Å². The summed E-state index contributed by atoms with van der Waals surface area (Å²) < 4.78 is 20.0. The van der Waals surface area contributed by atoms with E-state index in [1.807, 2.05) is 43.3 Å². The zero-order valence-corrected chi connectivity index (χ0v) is 21.6. The molecule has 3 aromatic heterocycles. The number of aromatic nitrogens is 1. The van der Waals surface area contributed by atoms with Crippen molar-refractivity contribution in [1.29, 1.82) is 0 Å². The molecule has 1 aliphatic heterocycles. The molecule has 7 nitrogen and oxygen atoms in total. The Morgan fingerprint density at radius 2 is 2.03 bits per heavy atom. The molecule has 1 aliphatic rings. The van der Waals surface area contributed by atoms with E-state index in [-0.39, 0.29) is 17.7 Å². The lowest BCUT2D eigenvalue weighted by atomic mass is 10.0. The van der Waals surface area contributed by atoms with E-state index < -0.39 is 12.0 Å². The van der Waals surface area contributed by atoms with Crippen molar-refractivity contribution in [2.45, 2.75) is 26.8 Å². The van der Waals surface area contributed by atoms with Gasteiger partial charge in [-0.05, 0) is 57.2 Å². The van der Waals surface area contributed by atoms with E-state index >= 15 is 0 Å². The minimum Gasteiger partial charge on any atom is -0.464 e. The highest BCUT2D eigenvalue weighted by Gasteiger charge is 2.35. The van der Waals surface area contributed by atoms with Crippen LogP contribution in [0.5, 0.6) is 0 Å². The van der Waals surface area contributed by atoms with Crippen molar-refractivity contribution in [3.05, 3.63) is 101 Å². The van der Waals surface area contributed by atoms with Crippen LogP contribution in [0.1, 0.15) is 37.2 Å². The molecule has 178 valence electrons. The van der Waals surface area contributed by atoms with E-state index in [0.717, 1.165) is 10.0 Å². The smallest absolute Gasteiger partial charge is 0.338 e. The Bertz CT molecular complexity index is 1650. The number of carbonyl (C=O) groups excluding carboxylic acids is 1. The number of halogens is 1. The minimum atomic E-state index is -0.769. The predicted octanol–water partition coefficient (Wildman–Crippen LogP) is 4.72. The monoisotopic (exact) mass is 552 g/mol. The SMILES string of the molecule is CCOC(=O)C1=C(C)N=c2s/c(=C\c3ccc(-c4cccc(Br)c4)o3)c(=O)n2[C@H]1c1ccc(C)o1. The summed E-state index contributed by atoms with van der Waals surface area (Å²) >= 11 is 4.70. The molecule has 0 saturated carbocycles. The fourth-order valence-corrected chi connectivity index (χ4v) is 5.44. The number of carbonyl (C=O) groups is 1. The number of rotatable bonds is 5. The summed E-state index contributed by atoms with van der Waals surface area (Å²) in [6.45, 7) is 5.50. The van der Waals surface area contributed by atoms with E-state index in [1.54, 1.807) is 32.1 Å². The van der Waals surface area contributed by atoms with Crippen LogP contribution in [0.15, 0.2) is 82.9 Å². The molecule has 5 rings (SSSR count). The fourth-order valence-electron chi connectivity index (χ4n) is 4.02. The summed E-state index contributed by atoms with van der Waals surface area (Å²) in [7, 11) is 0. The van der Waals surface area contributed by atoms with E-state index in [1.165, 1.54) is 15.9 Å². The van der Waals surface area contributed by atoms with Crippen molar-refractivity contribution in [3.8, 4) is 11.3 Å². The Morgan fingerprint density at radius 1 is 1.20 bits per heavy atom. The fraction of sp³-hybridized carbons (Fsp3) is 0.192. The third kappa shape index (κ3) is 4.37. The average Bonchev–Trinajstić information content (AvgIpc) is 3.53. The topological polar surface area (TPSA) is 86.9 Å². The average molecular weight is 553 g/mol. The van der Waals surface area contributed by atoms with Gasteiger partial charge in [-0.25, -0.2) is 9.79 Å². The number of ether oxygens (including phenoxy) is 1. The van der Waals surface area contributed by atoms with Crippen LogP contribution in [-0.2, 0) is 9.53 Å². The molecule has 0 amide bonds. The summed E-state index contributed by atoms with van der Waals surface area (Å²) in [5.74, 6) is 1.86. The molecule has 0 bridgehead atoms. The number of hydrogen-bond donors (Lipinski definition) is 0. The summed E-state index contributed by atoms with van der Waals surface area (Å²) in [5.41, 5.74) is 1.41. The standard InChI is InChI=1S/C26H21BrN2O5S/c1-4-32-25(31)22-15(3)28-26-29(23(22)20-10-8-14(2)33-20)24(30)21(35-26)13-18-9-11-19(34-18)16-6-5-7-17(27)12-16/h5-13,23H,4H2,1-3H3/b21-13-/t23-/m0/s1. The Labute approximate surface area is 212 Å². The molecular weight excluding hydrogens is 532 g/mol. The van der Waals surface area contributed by atoms with Gasteiger partial charge in [-0.15, -0.1) is 0 Å². The molecule has 9 heteroatoms. The van der Waals surface area contributed by atoms with Crippen LogP contribution in [0, 0.1) is 6.92 Å². The molecule has 4 aromatic rings. The number of thiazole rings is 1. The molecule has 4 heterocycles. The number of fused-ring (bicyclic) bond motifs is 1. The van der Waals surface area contributed by atoms with E-state index in [4.69, 9.17) is 13.6 Å². The molecule has 0 radical (unpaired) electrons. The second kappa shape index (κ2) is 9.31. The third-order valence-corrected chi connectivity index (χ3v) is 7.03. The van der Waals surface area contributed by atoms with Crippen LogP contribution >= 0.6 is 27.3 Å². The van der Waals surface area contributed by atoms with Crippen LogP contribution in [0.2, 0.25) is 0 Å². The molecular formula is C26H21BrN2O5S. The van der Waals surface area contributed by atoms with Gasteiger partial charge in [0, 0.05) is 16.1 Å². The molecule has 0 fully saturated rings. The summed E-state index contributed by atoms with van der Waals surface area (Å²) in [4.78, 5) is 31.5. The lowest BCUT2D eigenvalue weighted by Crippen LogP contribution is -2.39. The summed E-state index contributed by atoms with van der Waals surface area (Å²) in [6, 6.07) is 14.3. The number of benzene rings is 1. The molecule has 1 aromatic carbocycles. The van der Waals surface area contributed by atoms with Gasteiger partial charge in [0.15, 0.2) is 4.80 Å². The first kappa shape index (κ1) is 23.3. The quantitative estimate of drug-likeness (QED) is 0.334. The zero-order chi connectivity index (χ0) is 24.7. The van der Waals surface area contributed by atoms with Gasteiger partial charge >= 0.3 is 5.97 Å². The normalized spacial score (nSPS) is 15.8. The number of hydrogen-bond acceptors (Lipinski definition) is 7. The van der Waals surface area contributed by atoms with Gasteiger partial charge in [-0.2, -0.15) is 0 Å². The van der Waals surface area contributed by atoms with Crippen molar-refractivity contribution in [2.75, 3.05) is 6.61 Å². The highest BCUT2D eigenvalue weighted by Crippen LogP contribution is 2.32. The van der Waals surface area contributed by atoms with Crippen LogP contribution in [0.3, 0.4) is 0 Å². The highest BCUT2D eigenvalue weighted by atomic mass is 79.9. The van der Waals surface area contributed by atoms with Crippen LogP contribution < -0.4 is 14.9 Å². The van der Waals surface area contributed by atoms with E-state index in [0.29, 0.717) is 38.1 Å². The Morgan fingerprint density at radius 3 is 2.74 bits per heavy atom. The summed E-state index contributed by atoms with van der Waals surface area (Å²) in [5, 5.41) is 0. The van der Waals surface area contributed by atoms with Gasteiger partial charge in [0.2, 0.25) is 0 Å². The highest BCUT2D eigenvalue weighted by molar-refractivity contribution is 9.10. The third-order valence-electron chi connectivity index (χ3n) is 5.56. The van der Waals surface area contributed by atoms with E-state index in [9.17, 15) is 9.59 Å². The molecule has 0 saturated heterocycles.